The van der Waals surface area contributed by atoms with Crippen LogP contribution in [0.2, 0.25) is 0 Å². The Labute approximate surface area is 175 Å². The van der Waals surface area contributed by atoms with Crippen LogP contribution in [0.15, 0.2) is 60.7 Å². The zero-order chi connectivity index (χ0) is 18.9. The third-order valence-electron chi connectivity index (χ3n) is 5.50. The molecular weight excluding hydrogens is 370 g/mol. The molecule has 28 heavy (non-hydrogen) atoms. The maximum Gasteiger partial charge on any atom is 0.317 e. The molecule has 0 saturated heterocycles. The second-order valence-corrected chi connectivity index (χ2v) is 7.49. The van der Waals surface area contributed by atoms with Crippen LogP contribution in [0, 0.1) is 0 Å². The molecule has 0 spiro atoms. The van der Waals surface area contributed by atoms with E-state index in [4.69, 9.17) is 4.74 Å². The molecule has 0 heterocycles. The van der Waals surface area contributed by atoms with Gasteiger partial charge in [0.05, 0.1) is 0 Å². The van der Waals surface area contributed by atoms with Gasteiger partial charge in [-0.2, -0.15) is 0 Å². The maximum atomic E-state index is 13.0. The van der Waals surface area contributed by atoms with Gasteiger partial charge in [0.25, 0.3) is 0 Å². The number of carbonyl (C=O) groups is 1. The van der Waals surface area contributed by atoms with Gasteiger partial charge < -0.3 is 10.1 Å². The van der Waals surface area contributed by atoms with Crippen molar-refractivity contribution in [3.8, 4) is 0 Å². The topological polar surface area (TPSA) is 38.3 Å². The highest BCUT2D eigenvalue weighted by Gasteiger charge is 2.25. The van der Waals surface area contributed by atoms with Gasteiger partial charge in [-0.15, -0.1) is 12.4 Å². The van der Waals surface area contributed by atoms with E-state index in [1.807, 2.05) is 60.7 Å². The maximum absolute atomic E-state index is 13.0. The Morgan fingerprint density at radius 3 is 2.00 bits per heavy atom. The van der Waals surface area contributed by atoms with Crippen LogP contribution in [0.3, 0.4) is 0 Å². The van der Waals surface area contributed by atoms with Gasteiger partial charge in [0.2, 0.25) is 0 Å². The molecule has 0 amide bonds. The zero-order valence-corrected chi connectivity index (χ0v) is 17.5. The fraction of sp³-hybridized carbons (Fsp3) is 0.458. The lowest BCUT2D eigenvalue weighted by atomic mass is 9.91. The highest BCUT2D eigenvalue weighted by atomic mass is 35.5. The number of benzene rings is 2. The lowest BCUT2D eigenvalue weighted by Crippen LogP contribution is -2.42. The molecule has 0 aliphatic heterocycles. The van der Waals surface area contributed by atoms with Crippen LogP contribution in [0.1, 0.15) is 62.5 Å². The van der Waals surface area contributed by atoms with Gasteiger partial charge in [-0.05, 0) is 30.4 Å². The number of esters is 1. The van der Waals surface area contributed by atoms with Gasteiger partial charge in [-0.25, -0.2) is 0 Å². The number of nitrogens with one attached hydrogen (secondary N) is 1. The Morgan fingerprint density at radius 1 is 0.964 bits per heavy atom. The summed E-state index contributed by atoms with van der Waals surface area (Å²) < 4.78 is 5.81. The lowest BCUT2D eigenvalue weighted by Gasteiger charge is -2.28. The molecule has 2 aromatic carbocycles. The van der Waals surface area contributed by atoms with Gasteiger partial charge >= 0.3 is 5.97 Å². The van der Waals surface area contributed by atoms with Crippen LogP contribution >= 0.6 is 12.4 Å². The lowest BCUT2D eigenvalue weighted by molar-refractivity contribution is -0.145. The van der Waals surface area contributed by atoms with Crippen LogP contribution in [0.5, 0.6) is 0 Å². The molecule has 1 fully saturated rings. The fourth-order valence-corrected chi connectivity index (χ4v) is 3.91. The van der Waals surface area contributed by atoms with E-state index >= 15 is 0 Å². The fourth-order valence-electron chi connectivity index (χ4n) is 3.91. The minimum Gasteiger partial charge on any atom is -0.463 e. The number of halogens is 1. The van der Waals surface area contributed by atoms with Gasteiger partial charge in [-0.3, -0.25) is 4.79 Å². The average Bonchev–Trinajstić information content (AvgIpc) is 2.73. The number of ether oxygens (including phenoxy) is 1. The molecule has 1 atom stereocenters. The molecule has 0 radical (unpaired) electrons. The number of rotatable bonds is 8. The standard InChI is InChI=1S/C24H31NO2.ClH/c1-2-21(25-22-16-10-5-11-17-22)18-27-24(26)23(19-12-6-3-7-13-19)20-14-8-4-9-15-20;/h3-4,6-9,12-15,21-23,25H,2,5,10-11,16-18H2,1H3;1H. The van der Waals surface area contributed by atoms with E-state index in [0.717, 1.165) is 17.5 Å². The van der Waals surface area contributed by atoms with E-state index in [2.05, 4.69) is 12.2 Å². The monoisotopic (exact) mass is 401 g/mol. The zero-order valence-electron chi connectivity index (χ0n) is 16.7. The third-order valence-corrected chi connectivity index (χ3v) is 5.50. The van der Waals surface area contributed by atoms with Crippen molar-refractivity contribution >= 4 is 18.4 Å². The second kappa shape index (κ2) is 11.9. The Hall–Kier alpha value is -1.84. The smallest absolute Gasteiger partial charge is 0.317 e. The summed E-state index contributed by atoms with van der Waals surface area (Å²) in [4.78, 5) is 13.0. The van der Waals surface area contributed by atoms with Crippen molar-refractivity contribution in [1.82, 2.24) is 5.32 Å². The summed E-state index contributed by atoms with van der Waals surface area (Å²) in [6.07, 6.45) is 7.39. The van der Waals surface area contributed by atoms with Crippen molar-refractivity contribution in [2.24, 2.45) is 0 Å². The van der Waals surface area contributed by atoms with Gasteiger partial charge in [0.15, 0.2) is 0 Å². The van der Waals surface area contributed by atoms with Gasteiger partial charge in [0, 0.05) is 12.1 Å². The summed E-state index contributed by atoms with van der Waals surface area (Å²) in [5.41, 5.74) is 1.95. The van der Waals surface area contributed by atoms with Gasteiger partial charge in [-0.1, -0.05) is 86.8 Å². The minimum atomic E-state index is -0.375. The van der Waals surface area contributed by atoms with E-state index < -0.39 is 0 Å². The largest absolute Gasteiger partial charge is 0.463 e. The molecule has 1 N–H and O–H groups in total. The summed E-state index contributed by atoms with van der Waals surface area (Å²) >= 11 is 0. The van der Waals surface area contributed by atoms with Crippen LogP contribution < -0.4 is 5.32 Å². The molecule has 0 aromatic heterocycles. The van der Waals surface area contributed by atoms with E-state index in [0.29, 0.717) is 12.6 Å². The van der Waals surface area contributed by atoms with Crippen molar-refractivity contribution in [3.63, 3.8) is 0 Å². The molecule has 1 unspecified atom stereocenters. The second-order valence-electron chi connectivity index (χ2n) is 7.49. The van der Waals surface area contributed by atoms with Crippen molar-refractivity contribution in [1.29, 1.82) is 0 Å². The quantitative estimate of drug-likeness (QED) is 0.595. The SMILES string of the molecule is CCC(COC(=O)C(c1ccccc1)c1ccccc1)NC1CCCCC1.Cl. The molecule has 3 rings (SSSR count). The normalized spacial score (nSPS) is 15.6. The van der Waals surface area contributed by atoms with Crippen molar-refractivity contribution in [2.45, 2.75) is 63.5 Å². The van der Waals surface area contributed by atoms with Crippen molar-refractivity contribution in [3.05, 3.63) is 71.8 Å². The van der Waals surface area contributed by atoms with Crippen molar-refractivity contribution in [2.75, 3.05) is 6.61 Å². The van der Waals surface area contributed by atoms with Gasteiger partial charge in [0.1, 0.15) is 12.5 Å². The van der Waals surface area contributed by atoms with Crippen LogP contribution in [-0.2, 0) is 9.53 Å². The molecule has 152 valence electrons. The molecule has 1 aliphatic rings. The summed E-state index contributed by atoms with van der Waals surface area (Å²) in [5.74, 6) is -0.545. The molecule has 1 aliphatic carbocycles. The first kappa shape index (κ1) is 22.4. The molecule has 1 saturated carbocycles. The first-order chi connectivity index (χ1) is 13.3. The number of hydrogen-bond donors (Lipinski definition) is 1. The van der Waals surface area contributed by atoms with Crippen LogP contribution in [0.4, 0.5) is 0 Å². The highest BCUT2D eigenvalue weighted by molar-refractivity contribution is 5.85. The predicted molar refractivity (Wildman–Crippen MR) is 117 cm³/mol. The molecule has 0 bridgehead atoms. The van der Waals surface area contributed by atoms with Crippen LogP contribution in [-0.4, -0.2) is 24.7 Å². The Morgan fingerprint density at radius 2 is 1.50 bits per heavy atom. The number of hydrogen-bond acceptors (Lipinski definition) is 3. The Balaban J connectivity index is 0.00000280. The van der Waals surface area contributed by atoms with E-state index in [1.165, 1.54) is 32.1 Å². The first-order valence-electron chi connectivity index (χ1n) is 10.3. The van der Waals surface area contributed by atoms with Crippen LogP contribution in [0.25, 0.3) is 0 Å². The summed E-state index contributed by atoms with van der Waals surface area (Å²) in [6.45, 7) is 2.59. The molecular formula is C24H32ClNO2. The number of carbonyl (C=O) groups excluding carboxylic acids is 1. The third kappa shape index (κ3) is 6.35. The molecule has 4 heteroatoms. The highest BCUT2D eigenvalue weighted by Crippen LogP contribution is 2.26. The Bertz CT molecular complexity index is 647. The molecule has 2 aromatic rings. The average molecular weight is 402 g/mol. The molecule has 3 nitrogen and oxygen atoms in total. The van der Waals surface area contributed by atoms with E-state index in [1.54, 1.807) is 0 Å². The predicted octanol–water partition coefficient (Wildman–Crippen LogP) is 5.48. The van der Waals surface area contributed by atoms with E-state index in [-0.39, 0.29) is 30.3 Å². The first-order valence-corrected chi connectivity index (χ1v) is 10.3. The Kier molecular flexibility index (Phi) is 9.52. The minimum absolute atomic E-state index is 0. The summed E-state index contributed by atoms with van der Waals surface area (Å²) in [7, 11) is 0. The summed E-state index contributed by atoms with van der Waals surface area (Å²) in [6, 6.07) is 20.6. The summed E-state index contributed by atoms with van der Waals surface area (Å²) in [5, 5.41) is 3.70. The van der Waals surface area contributed by atoms with E-state index in [9.17, 15) is 4.79 Å². The van der Waals surface area contributed by atoms with Crippen molar-refractivity contribution < 1.29 is 9.53 Å².